The SMILES string of the molecule is CCSC1CCCC1NCc1ccnc(C#N)c1. The second kappa shape index (κ2) is 6.77. The lowest BCUT2D eigenvalue weighted by atomic mass is 10.2. The van der Waals surface area contributed by atoms with E-state index in [4.69, 9.17) is 5.26 Å². The van der Waals surface area contributed by atoms with Crippen molar-refractivity contribution in [3.05, 3.63) is 29.6 Å². The molecule has 1 aromatic heterocycles. The van der Waals surface area contributed by atoms with Crippen LogP contribution in [0, 0.1) is 11.3 Å². The molecule has 3 nitrogen and oxygen atoms in total. The third kappa shape index (κ3) is 3.47. The van der Waals surface area contributed by atoms with Gasteiger partial charge in [0.2, 0.25) is 0 Å². The highest BCUT2D eigenvalue weighted by Gasteiger charge is 2.26. The smallest absolute Gasteiger partial charge is 0.140 e. The van der Waals surface area contributed by atoms with E-state index in [1.54, 1.807) is 6.20 Å². The molecule has 1 heterocycles. The molecule has 0 spiro atoms. The van der Waals surface area contributed by atoms with E-state index in [0.717, 1.165) is 17.4 Å². The van der Waals surface area contributed by atoms with E-state index in [0.29, 0.717) is 11.7 Å². The lowest BCUT2D eigenvalue weighted by Gasteiger charge is -2.20. The van der Waals surface area contributed by atoms with Crippen LogP contribution >= 0.6 is 11.8 Å². The maximum absolute atomic E-state index is 8.82. The van der Waals surface area contributed by atoms with Crippen LogP contribution in [0.3, 0.4) is 0 Å². The zero-order valence-electron chi connectivity index (χ0n) is 10.7. The lowest BCUT2D eigenvalue weighted by molar-refractivity contribution is 0.532. The van der Waals surface area contributed by atoms with E-state index < -0.39 is 0 Å². The van der Waals surface area contributed by atoms with Crippen molar-refractivity contribution in [1.82, 2.24) is 10.3 Å². The summed E-state index contributed by atoms with van der Waals surface area (Å²) in [4.78, 5) is 3.99. The molecular formula is C14H19N3S. The van der Waals surface area contributed by atoms with Gasteiger partial charge in [0.25, 0.3) is 0 Å². The Labute approximate surface area is 113 Å². The third-order valence-electron chi connectivity index (χ3n) is 3.34. The molecule has 0 aliphatic heterocycles. The van der Waals surface area contributed by atoms with Gasteiger partial charge in [0.1, 0.15) is 11.8 Å². The molecular weight excluding hydrogens is 242 g/mol. The topological polar surface area (TPSA) is 48.7 Å². The normalized spacial score (nSPS) is 22.9. The van der Waals surface area contributed by atoms with Crippen molar-refractivity contribution in [1.29, 1.82) is 5.26 Å². The van der Waals surface area contributed by atoms with Gasteiger partial charge in [-0.05, 0) is 36.3 Å². The Morgan fingerprint density at radius 1 is 1.56 bits per heavy atom. The molecule has 0 amide bonds. The van der Waals surface area contributed by atoms with Crippen molar-refractivity contribution in [3.63, 3.8) is 0 Å². The number of hydrogen-bond donors (Lipinski definition) is 1. The highest BCUT2D eigenvalue weighted by Crippen LogP contribution is 2.30. The highest BCUT2D eigenvalue weighted by atomic mass is 32.2. The summed E-state index contributed by atoms with van der Waals surface area (Å²) in [7, 11) is 0. The molecule has 0 bridgehead atoms. The Kier molecular flexibility index (Phi) is 5.03. The van der Waals surface area contributed by atoms with E-state index in [1.165, 1.54) is 25.0 Å². The van der Waals surface area contributed by atoms with Crippen LogP contribution in [0.4, 0.5) is 0 Å². The zero-order valence-corrected chi connectivity index (χ0v) is 11.5. The summed E-state index contributed by atoms with van der Waals surface area (Å²) in [5, 5.41) is 13.2. The predicted octanol–water partition coefficient (Wildman–Crippen LogP) is 2.72. The van der Waals surface area contributed by atoms with Crippen LogP contribution < -0.4 is 5.32 Å². The number of hydrogen-bond acceptors (Lipinski definition) is 4. The average molecular weight is 261 g/mol. The van der Waals surface area contributed by atoms with Crippen molar-refractivity contribution in [2.75, 3.05) is 5.75 Å². The van der Waals surface area contributed by atoms with Gasteiger partial charge >= 0.3 is 0 Å². The van der Waals surface area contributed by atoms with Crippen LogP contribution in [0.5, 0.6) is 0 Å². The van der Waals surface area contributed by atoms with Crippen LogP contribution in [-0.2, 0) is 6.54 Å². The Balaban J connectivity index is 1.89. The van der Waals surface area contributed by atoms with Crippen LogP contribution in [0.2, 0.25) is 0 Å². The first-order chi connectivity index (χ1) is 8.83. The minimum Gasteiger partial charge on any atom is -0.309 e. The maximum Gasteiger partial charge on any atom is 0.140 e. The fourth-order valence-corrected chi connectivity index (χ4v) is 3.69. The van der Waals surface area contributed by atoms with Crippen LogP contribution in [0.15, 0.2) is 18.3 Å². The highest BCUT2D eigenvalue weighted by molar-refractivity contribution is 7.99. The van der Waals surface area contributed by atoms with Gasteiger partial charge in [0, 0.05) is 24.0 Å². The Bertz CT molecular complexity index is 427. The fraction of sp³-hybridized carbons (Fsp3) is 0.571. The molecule has 18 heavy (non-hydrogen) atoms. The summed E-state index contributed by atoms with van der Waals surface area (Å²) in [6.45, 7) is 3.06. The van der Waals surface area contributed by atoms with Gasteiger partial charge in [0.15, 0.2) is 0 Å². The molecule has 96 valence electrons. The minimum absolute atomic E-state index is 0.500. The molecule has 2 atom stereocenters. The number of aromatic nitrogens is 1. The quantitative estimate of drug-likeness (QED) is 0.885. The Morgan fingerprint density at radius 2 is 2.44 bits per heavy atom. The van der Waals surface area contributed by atoms with Gasteiger partial charge < -0.3 is 5.32 Å². The summed E-state index contributed by atoms with van der Waals surface area (Å²) in [6, 6.07) is 6.54. The summed E-state index contributed by atoms with van der Waals surface area (Å²) >= 11 is 2.06. The number of nitrogens with one attached hydrogen (secondary N) is 1. The fourth-order valence-electron chi connectivity index (χ4n) is 2.47. The second-order valence-corrected chi connectivity index (χ2v) is 6.09. The van der Waals surface area contributed by atoms with Crippen LogP contribution in [0.1, 0.15) is 37.4 Å². The summed E-state index contributed by atoms with van der Waals surface area (Å²) < 4.78 is 0. The Hall–Kier alpha value is -1.05. The van der Waals surface area contributed by atoms with Crippen molar-refractivity contribution >= 4 is 11.8 Å². The molecule has 0 aromatic carbocycles. The van der Waals surface area contributed by atoms with Crippen molar-refractivity contribution in [3.8, 4) is 6.07 Å². The molecule has 0 radical (unpaired) electrons. The van der Waals surface area contributed by atoms with Gasteiger partial charge in [-0.25, -0.2) is 4.98 Å². The molecule has 1 N–H and O–H groups in total. The van der Waals surface area contributed by atoms with Gasteiger partial charge in [0.05, 0.1) is 0 Å². The van der Waals surface area contributed by atoms with E-state index >= 15 is 0 Å². The number of nitriles is 1. The predicted molar refractivity (Wildman–Crippen MR) is 75.4 cm³/mol. The molecule has 1 aromatic rings. The Morgan fingerprint density at radius 3 is 3.22 bits per heavy atom. The van der Waals surface area contributed by atoms with Gasteiger partial charge in [-0.3, -0.25) is 0 Å². The van der Waals surface area contributed by atoms with E-state index in [-0.39, 0.29) is 0 Å². The molecule has 1 aliphatic rings. The average Bonchev–Trinajstić information content (AvgIpc) is 2.85. The summed E-state index contributed by atoms with van der Waals surface area (Å²) in [5.74, 6) is 1.19. The standard InChI is InChI=1S/C14H19N3S/c1-2-18-14-5-3-4-13(14)17-10-11-6-7-16-12(8-11)9-15/h6-8,13-14,17H,2-5,10H2,1H3. The van der Waals surface area contributed by atoms with Gasteiger partial charge in [-0.1, -0.05) is 13.3 Å². The van der Waals surface area contributed by atoms with Crippen molar-refractivity contribution in [2.24, 2.45) is 0 Å². The second-order valence-electron chi connectivity index (χ2n) is 4.57. The van der Waals surface area contributed by atoms with Crippen LogP contribution in [0.25, 0.3) is 0 Å². The summed E-state index contributed by atoms with van der Waals surface area (Å²) in [6.07, 6.45) is 5.64. The molecule has 1 saturated carbocycles. The largest absolute Gasteiger partial charge is 0.309 e. The first-order valence-corrected chi connectivity index (χ1v) is 7.58. The van der Waals surface area contributed by atoms with E-state index in [2.05, 4.69) is 35.1 Å². The van der Waals surface area contributed by atoms with Crippen molar-refractivity contribution in [2.45, 2.75) is 44.0 Å². The summed E-state index contributed by atoms with van der Waals surface area (Å²) in [5.41, 5.74) is 1.65. The number of pyridine rings is 1. The van der Waals surface area contributed by atoms with Crippen LogP contribution in [-0.4, -0.2) is 22.0 Å². The molecule has 2 rings (SSSR count). The van der Waals surface area contributed by atoms with E-state index in [9.17, 15) is 0 Å². The molecule has 0 saturated heterocycles. The molecule has 4 heteroatoms. The maximum atomic E-state index is 8.82. The molecule has 2 unspecified atom stereocenters. The van der Waals surface area contributed by atoms with Crippen molar-refractivity contribution < 1.29 is 0 Å². The lowest BCUT2D eigenvalue weighted by Crippen LogP contribution is -2.33. The zero-order chi connectivity index (χ0) is 12.8. The first-order valence-electron chi connectivity index (χ1n) is 6.53. The monoisotopic (exact) mass is 261 g/mol. The first kappa shape index (κ1) is 13.4. The molecule has 1 aliphatic carbocycles. The number of nitrogens with zero attached hydrogens (tertiary/aromatic N) is 2. The minimum atomic E-state index is 0.500. The number of rotatable bonds is 5. The van der Waals surface area contributed by atoms with Gasteiger partial charge in [-0.2, -0.15) is 17.0 Å². The third-order valence-corrected chi connectivity index (χ3v) is 4.67. The van der Waals surface area contributed by atoms with E-state index in [1.807, 2.05) is 12.1 Å². The number of thioether (sulfide) groups is 1. The van der Waals surface area contributed by atoms with Gasteiger partial charge in [-0.15, -0.1) is 0 Å². The molecule has 1 fully saturated rings.